The predicted molar refractivity (Wildman–Crippen MR) is 75.5 cm³/mol. The van der Waals surface area contributed by atoms with Gasteiger partial charge in [-0.15, -0.1) is 0 Å². The normalized spacial score (nSPS) is 14.3. The van der Waals surface area contributed by atoms with E-state index in [1.165, 1.54) is 18.3 Å². The van der Waals surface area contributed by atoms with Gasteiger partial charge in [0.1, 0.15) is 5.69 Å². The quantitative estimate of drug-likeness (QED) is 0.715. The van der Waals surface area contributed by atoms with Crippen LogP contribution in [0, 0.1) is 0 Å². The Bertz CT molecular complexity index is 542. The molecule has 2 rings (SSSR count). The molecular weight excluding hydrogens is 272 g/mol. The van der Waals surface area contributed by atoms with Gasteiger partial charge in [-0.05, 0) is 25.0 Å². The molecule has 0 spiro atoms. The van der Waals surface area contributed by atoms with Crippen LogP contribution >= 0.6 is 0 Å². The SMILES string of the molecule is NC(=O)c1ccc(C(=O)NCCCN2CCCC2=O)cn1. The molecule has 1 aliphatic rings. The molecule has 0 aliphatic carbocycles. The van der Waals surface area contributed by atoms with Crippen molar-refractivity contribution in [2.75, 3.05) is 19.6 Å². The van der Waals surface area contributed by atoms with Crippen LogP contribution in [0.5, 0.6) is 0 Å². The van der Waals surface area contributed by atoms with Crippen LogP contribution in [0.2, 0.25) is 0 Å². The van der Waals surface area contributed by atoms with Crippen molar-refractivity contribution in [2.45, 2.75) is 19.3 Å². The molecule has 0 bridgehead atoms. The Morgan fingerprint density at radius 2 is 2.19 bits per heavy atom. The number of carbonyl (C=O) groups excluding carboxylic acids is 3. The minimum Gasteiger partial charge on any atom is -0.364 e. The molecule has 21 heavy (non-hydrogen) atoms. The van der Waals surface area contributed by atoms with Gasteiger partial charge in [-0.2, -0.15) is 0 Å². The Morgan fingerprint density at radius 1 is 1.38 bits per heavy atom. The van der Waals surface area contributed by atoms with Gasteiger partial charge in [0.05, 0.1) is 5.56 Å². The minimum atomic E-state index is -0.628. The number of hydrogen-bond donors (Lipinski definition) is 2. The number of rotatable bonds is 6. The Morgan fingerprint density at radius 3 is 2.76 bits per heavy atom. The lowest BCUT2D eigenvalue weighted by atomic mass is 10.2. The second-order valence-corrected chi connectivity index (χ2v) is 4.89. The number of nitrogens with one attached hydrogen (secondary N) is 1. The van der Waals surface area contributed by atoms with Gasteiger partial charge in [0, 0.05) is 32.3 Å². The van der Waals surface area contributed by atoms with E-state index >= 15 is 0 Å². The highest BCUT2D eigenvalue weighted by Gasteiger charge is 2.19. The Hall–Kier alpha value is -2.44. The van der Waals surface area contributed by atoms with Crippen molar-refractivity contribution in [1.82, 2.24) is 15.2 Å². The summed E-state index contributed by atoms with van der Waals surface area (Å²) >= 11 is 0. The van der Waals surface area contributed by atoms with Crippen LogP contribution in [0.3, 0.4) is 0 Å². The fourth-order valence-corrected chi connectivity index (χ4v) is 2.19. The summed E-state index contributed by atoms with van der Waals surface area (Å²) in [5.41, 5.74) is 5.57. The Labute approximate surface area is 122 Å². The summed E-state index contributed by atoms with van der Waals surface area (Å²) in [5, 5.41) is 2.75. The van der Waals surface area contributed by atoms with Crippen LogP contribution < -0.4 is 11.1 Å². The van der Waals surface area contributed by atoms with Crippen LogP contribution in [-0.4, -0.2) is 47.2 Å². The first-order chi connectivity index (χ1) is 10.1. The van der Waals surface area contributed by atoms with Crippen molar-refractivity contribution >= 4 is 17.7 Å². The van der Waals surface area contributed by atoms with E-state index in [0.29, 0.717) is 31.5 Å². The monoisotopic (exact) mass is 290 g/mol. The van der Waals surface area contributed by atoms with Crippen molar-refractivity contribution in [3.05, 3.63) is 29.6 Å². The van der Waals surface area contributed by atoms with Gasteiger partial charge in [-0.1, -0.05) is 0 Å². The lowest BCUT2D eigenvalue weighted by Gasteiger charge is -2.15. The van der Waals surface area contributed by atoms with E-state index in [1.54, 1.807) is 0 Å². The summed E-state index contributed by atoms with van der Waals surface area (Å²) in [7, 11) is 0. The van der Waals surface area contributed by atoms with Crippen molar-refractivity contribution in [1.29, 1.82) is 0 Å². The topological polar surface area (TPSA) is 105 Å². The van der Waals surface area contributed by atoms with Crippen molar-refractivity contribution in [2.24, 2.45) is 5.73 Å². The molecule has 1 fully saturated rings. The molecule has 1 saturated heterocycles. The van der Waals surface area contributed by atoms with E-state index in [0.717, 1.165) is 13.0 Å². The summed E-state index contributed by atoms with van der Waals surface area (Å²) in [5.74, 6) is -0.698. The van der Waals surface area contributed by atoms with Crippen LogP contribution in [0.1, 0.15) is 40.1 Å². The van der Waals surface area contributed by atoms with Gasteiger partial charge in [0.15, 0.2) is 0 Å². The van der Waals surface area contributed by atoms with Gasteiger partial charge >= 0.3 is 0 Å². The zero-order chi connectivity index (χ0) is 15.2. The van der Waals surface area contributed by atoms with Gasteiger partial charge in [0.2, 0.25) is 5.91 Å². The molecule has 0 atom stereocenters. The minimum absolute atomic E-state index is 0.124. The molecule has 0 unspecified atom stereocenters. The maximum atomic E-state index is 11.8. The molecule has 0 radical (unpaired) electrons. The van der Waals surface area contributed by atoms with Crippen molar-refractivity contribution < 1.29 is 14.4 Å². The van der Waals surface area contributed by atoms with Crippen LogP contribution in [0.15, 0.2) is 18.3 Å². The van der Waals surface area contributed by atoms with E-state index in [-0.39, 0.29) is 17.5 Å². The fourth-order valence-electron chi connectivity index (χ4n) is 2.19. The number of carbonyl (C=O) groups is 3. The third kappa shape index (κ3) is 4.01. The molecule has 3 amide bonds. The summed E-state index contributed by atoms with van der Waals surface area (Å²) in [6, 6.07) is 2.92. The number of amides is 3. The third-order valence-corrected chi connectivity index (χ3v) is 3.34. The first kappa shape index (κ1) is 15.0. The van der Waals surface area contributed by atoms with Crippen LogP contribution in [0.4, 0.5) is 0 Å². The number of aromatic nitrogens is 1. The molecule has 7 heteroatoms. The Kier molecular flexibility index (Phi) is 4.86. The third-order valence-electron chi connectivity index (χ3n) is 3.34. The van der Waals surface area contributed by atoms with E-state index in [4.69, 9.17) is 5.73 Å². The zero-order valence-electron chi connectivity index (χ0n) is 11.7. The highest BCUT2D eigenvalue weighted by Crippen LogP contribution is 2.09. The average molecular weight is 290 g/mol. The van der Waals surface area contributed by atoms with E-state index in [1.807, 2.05) is 4.90 Å². The molecule has 3 N–H and O–H groups in total. The standard InChI is InChI=1S/C14H18N4O3/c15-13(20)11-5-4-10(9-17-11)14(21)16-6-2-8-18-7-1-3-12(18)19/h4-5,9H,1-3,6-8H2,(H2,15,20)(H,16,21). The average Bonchev–Trinajstić information content (AvgIpc) is 2.89. The van der Waals surface area contributed by atoms with Gasteiger partial charge in [-0.25, -0.2) is 0 Å². The Balaban J connectivity index is 1.74. The highest BCUT2D eigenvalue weighted by atomic mass is 16.2. The first-order valence-corrected chi connectivity index (χ1v) is 6.90. The van der Waals surface area contributed by atoms with Crippen molar-refractivity contribution in [3.8, 4) is 0 Å². The van der Waals surface area contributed by atoms with Gasteiger partial charge in [0.25, 0.3) is 11.8 Å². The summed E-state index contributed by atoms with van der Waals surface area (Å²) in [6.07, 6.45) is 3.58. The lowest BCUT2D eigenvalue weighted by Crippen LogP contribution is -2.30. The second-order valence-electron chi connectivity index (χ2n) is 4.89. The lowest BCUT2D eigenvalue weighted by molar-refractivity contribution is -0.127. The molecular formula is C14H18N4O3. The molecule has 1 aliphatic heterocycles. The van der Waals surface area contributed by atoms with Gasteiger partial charge in [-0.3, -0.25) is 19.4 Å². The number of nitrogens with zero attached hydrogens (tertiary/aromatic N) is 2. The van der Waals surface area contributed by atoms with E-state index < -0.39 is 5.91 Å². The molecule has 112 valence electrons. The zero-order valence-corrected chi connectivity index (χ0v) is 11.7. The molecule has 7 nitrogen and oxygen atoms in total. The molecule has 2 heterocycles. The number of primary amides is 1. The number of nitrogens with two attached hydrogens (primary N) is 1. The predicted octanol–water partition coefficient (Wildman–Crippen LogP) is -0.0772. The molecule has 0 aromatic carbocycles. The maximum absolute atomic E-state index is 11.8. The molecule has 1 aromatic heterocycles. The number of likely N-dealkylation sites (tertiary alicyclic amines) is 1. The highest BCUT2D eigenvalue weighted by molar-refractivity contribution is 5.95. The summed E-state index contributed by atoms with van der Waals surface area (Å²) in [6.45, 7) is 1.96. The summed E-state index contributed by atoms with van der Waals surface area (Å²) in [4.78, 5) is 39.7. The number of pyridine rings is 1. The molecule has 1 aromatic rings. The molecule has 0 saturated carbocycles. The van der Waals surface area contributed by atoms with E-state index in [9.17, 15) is 14.4 Å². The number of hydrogen-bond acceptors (Lipinski definition) is 4. The van der Waals surface area contributed by atoms with E-state index in [2.05, 4.69) is 10.3 Å². The first-order valence-electron chi connectivity index (χ1n) is 6.90. The summed E-state index contributed by atoms with van der Waals surface area (Å²) < 4.78 is 0. The second kappa shape index (κ2) is 6.83. The largest absolute Gasteiger partial charge is 0.364 e. The van der Waals surface area contributed by atoms with Gasteiger partial charge < -0.3 is 16.0 Å². The smallest absolute Gasteiger partial charge is 0.267 e. The van der Waals surface area contributed by atoms with Crippen molar-refractivity contribution in [3.63, 3.8) is 0 Å². The maximum Gasteiger partial charge on any atom is 0.267 e. The van der Waals surface area contributed by atoms with Crippen LogP contribution in [-0.2, 0) is 4.79 Å². The fraction of sp³-hybridized carbons (Fsp3) is 0.429. The van der Waals surface area contributed by atoms with Crippen LogP contribution in [0.25, 0.3) is 0 Å².